The fourth-order valence-corrected chi connectivity index (χ4v) is 2.75. The molecule has 25 heavy (non-hydrogen) atoms. The summed E-state index contributed by atoms with van der Waals surface area (Å²) in [5.41, 5.74) is 4.17. The molecule has 4 rings (SSSR count). The minimum Gasteiger partial charge on any atom is -0.507 e. The van der Waals surface area contributed by atoms with Gasteiger partial charge in [-0.3, -0.25) is 0 Å². The lowest BCUT2D eigenvalue weighted by molar-refractivity contribution is 0.477. The summed E-state index contributed by atoms with van der Waals surface area (Å²) in [6.45, 7) is 0. The van der Waals surface area contributed by atoms with Crippen molar-refractivity contribution in [3.8, 4) is 39.7 Å². The molecule has 0 aliphatic heterocycles. The molecule has 4 aromatic rings. The van der Waals surface area contributed by atoms with E-state index in [0.29, 0.717) is 17.1 Å². The van der Waals surface area contributed by atoms with Gasteiger partial charge < -0.3 is 5.11 Å². The maximum atomic E-state index is 10.2. The first-order chi connectivity index (χ1) is 12.3. The van der Waals surface area contributed by atoms with Gasteiger partial charge in [0.2, 0.25) is 0 Å². The summed E-state index contributed by atoms with van der Waals surface area (Å²) in [4.78, 5) is 9.43. The molecule has 0 radical (unpaired) electrons. The maximum Gasteiger partial charge on any atom is 0.160 e. The molecule has 120 valence electrons. The Morgan fingerprint density at radius 1 is 0.560 bits per heavy atom. The zero-order valence-corrected chi connectivity index (χ0v) is 13.5. The Morgan fingerprint density at radius 3 is 1.80 bits per heavy atom. The van der Waals surface area contributed by atoms with Crippen molar-refractivity contribution in [3.05, 3.63) is 91.0 Å². The van der Waals surface area contributed by atoms with Crippen molar-refractivity contribution in [2.24, 2.45) is 0 Å². The van der Waals surface area contributed by atoms with E-state index in [4.69, 9.17) is 4.98 Å². The molecule has 1 heterocycles. The second-order valence-corrected chi connectivity index (χ2v) is 5.71. The quantitative estimate of drug-likeness (QED) is 0.564. The monoisotopic (exact) mass is 324 g/mol. The highest BCUT2D eigenvalue weighted by Gasteiger charge is 2.12. The molecule has 1 N–H and O–H groups in total. The molecule has 0 unspecified atom stereocenters. The van der Waals surface area contributed by atoms with E-state index in [1.54, 1.807) is 12.1 Å². The van der Waals surface area contributed by atoms with Gasteiger partial charge in [-0.1, -0.05) is 72.8 Å². The molecule has 3 nitrogen and oxygen atoms in total. The first kappa shape index (κ1) is 15.1. The van der Waals surface area contributed by atoms with Crippen LogP contribution in [0.5, 0.6) is 5.75 Å². The van der Waals surface area contributed by atoms with Crippen LogP contribution in [-0.4, -0.2) is 15.1 Å². The first-order valence-electron chi connectivity index (χ1n) is 8.09. The lowest BCUT2D eigenvalue weighted by Gasteiger charge is -2.10. The molecule has 0 saturated heterocycles. The van der Waals surface area contributed by atoms with Crippen molar-refractivity contribution in [2.45, 2.75) is 0 Å². The predicted molar refractivity (Wildman–Crippen MR) is 100 cm³/mol. The molecular formula is C22H16N2O. The molecule has 1 aromatic heterocycles. The molecule has 3 heteroatoms. The lowest BCUT2D eigenvalue weighted by Crippen LogP contribution is -1.95. The first-order valence-corrected chi connectivity index (χ1v) is 8.09. The average molecular weight is 324 g/mol. The maximum absolute atomic E-state index is 10.2. The number of rotatable bonds is 3. The molecule has 0 aliphatic rings. The number of hydrogen-bond acceptors (Lipinski definition) is 3. The van der Waals surface area contributed by atoms with Crippen LogP contribution in [-0.2, 0) is 0 Å². The van der Waals surface area contributed by atoms with E-state index in [9.17, 15) is 5.11 Å². The van der Waals surface area contributed by atoms with Gasteiger partial charge in [0.25, 0.3) is 0 Å². The van der Waals surface area contributed by atoms with Crippen molar-refractivity contribution in [1.82, 2.24) is 9.97 Å². The van der Waals surface area contributed by atoms with Gasteiger partial charge in [-0.2, -0.15) is 0 Å². The molecule has 0 bridgehead atoms. The van der Waals surface area contributed by atoms with Gasteiger partial charge in [-0.25, -0.2) is 9.97 Å². The fraction of sp³-hybridized carbons (Fsp3) is 0. The van der Waals surface area contributed by atoms with Gasteiger partial charge in [0.15, 0.2) is 5.82 Å². The van der Waals surface area contributed by atoms with Crippen molar-refractivity contribution in [1.29, 1.82) is 0 Å². The minimum absolute atomic E-state index is 0.208. The third-order valence-corrected chi connectivity index (χ3v) is 4.01. The Balaban J connectivity index is 1.94. The molecule has 0 amide bonds. The highest BCUT2D eigenvalue weighted by atomic mass is 16.3. The fourth-order valence-electron chi connectivity index (χ4n) is 2.75. The van der Waals surface area contributed by atoms with Crippen LogP contribution < -0.4 is 0 Å². The summed E-state index contributed by atoms with van der Waals surface area (Å²) in [7, 11) is 0. The molecule has 0 saturated carbocycles. The highest BCUT2D eigenvalue weighted by Crippen LogP contribution is 2.31. The van der Waals surface area contributed by atoms with Crippen LogP contribution in [0.25, 0.3) is 33.9 Å². The van der Waals surface area contributed by atoms with Crippen LogP contribution in [0.1, 0.15) is 0 Å². The van der Waals surface area contributed by atoms with E-state index < -0.39 is 0 Å². The van der Waals surface area contributed by atoms with Crippen LogP contribution in [0.15, 0.2) is 91.0 Å². The van der Waals surface area contributed by atoms with Crippen LogP contribution in [0.2, 0.25) is 0 Å². The Hall–Kier alpha value is -3.46. The summed E-state index contributed by atoms with van der Waals surface area (Å²) in [6.07, 6.45) is 0. The topological polar surface area (TPSA) is 46.0 Å². The molecule has 0 atom stereocenters. The Morgan fingerprint density at radius 2 is 1.12 bits per heavy atom. The third kappa shape index (κ3) is 3.12. The van der Waals surface area contributed by atoms with Gasteiger partial charge in [0.05, 0.1) is 11.4 Å². The van der Waals surface area contributed by atoms with E-state index in [1.165, 1.54) is 0 Å². The summed E-state index contributed by atoms with van der Waals surface area (Å²) in [5.74, 6) is 0.847. The Labute approximate surface area is 146 Å². The zero-order valence-electron chi connectivity index (χ0n) is 13.5. The Kier molecular flexibility index (Phi) is 3.97. The van der Waals surface area contributed by atoms with Gasteiger partial charge in [0, 0.05) is 16.7 Å². The smallest absolute Gasteiger partial charge is 0.160 e. The van der Waals surface area contributed by atoms with Crippen LogP contribution >= 0.6 is 0 Å². The van der Waals surface area contributed by atoms with Crippen LogP contribution in [0.4, 0.5) is 0 Å². The number of para-hydroxylation sites is 1. The summed E-state index contributed by atoms with van der Waals surface area (Å²) < 4.78 is 0. The summed E-state index contributed by atoms with van der Waals surface area (Å²) in [5, 5.41) is 10.2. The lowest BCUT2D eigenvalue weighted by atomic mass is 10.1. The minimum atomic E-state index is 0.208. The van der Waals surface area contributed by atoms with Gasteiger partial charge in [-0.05, 0) is 18.2 Å². The SMILES string of the molecule is Oc1ccccc1-c1cc(-c2ccccc2)nc(-c2ccccc2)n1. The summed E-state index contributed by atoms with van der Waals surface area (Å²) >= 11 is 0. The van der Waals surface area contributed by atoms with Crippen molar-refractivity contribution >= 4 is 0 Å². The number of aromatic nitrogens is 2. The predicted octanol–water partition coefficient (Wildman–Crippen LogP) is 5.18. The number of hydrogen-bond donors (Lipinski definition) is 1. The van der Waals surface area contributed by atoms with Crippen molar-refractivity contribution in [3.63, 3.8) is 0 Å². The number of benzene rings is 3. The van der Waals surface area contributed by atoms with Gasteiger partial charge in [0.1, 0.15) is 5.75 Å². The summed E-state index contributed by atoms with van der Waals surface area (Å²) in [6, 6.07) is 29.0. The average Bonchev–Trinajstić information content (AvgIpc) is 2.69. The van der Waals surface area contributed by atoms with Crippen LogP contribution in [0, 0.1) is 0 Å². The van der Waals surface area contributed by atoms with Crippen molar-refractivity contribution in [2.75, 3.05) is 0 Å². The van der Waals surface area contributed by atoms with E-state index in [1.807, 2.05) is 78.9 Å². The molecule has 0 aliphatic carbocycles. The normalized spacial score (nSPS) is 10.6. The van der Waals surface area contributed by atoms with E-state index in [-0.39, 0.29) is 5.75 Å². The molecule has 3 aromatic carbocycles. The van der Waals surface area contributed by atoms with Crippen LogP contribution in [0.3, 0.4) is 0 Å². The van der Waals surface area contributed by atoms with E-state index >= 15 is 0 Å². The Bertz CT molecular complexity index is 941. The van der Waals surface area contributed by atoms with E-state index in [0.717, 1.165) is 16.8 Å². The number of phenols is 1. The highest BCUT2D eigenvalue weighted by molar-refractivity contribution is 5.74. The third-order valence-electron chi connectivity index (χ3n) is 4.01. The second-order valence-electron chi connectivity index (χ2n) is 5.71. The second kappa shape index (κ2) is 6.57. The number of nitrogens with zero attached hydrogens (tertiary/aromatic N) is 2. The molecule has 0 spiro atoms. The molecular weight excluding hydrogens is 308 g/mol. The molecule has 0 fully saturated rings. The standard InChI is InChI=1S/C22H16N2O/c25-21-14-8-7-13-18(21)20-15-19(16-9-3-1-4-10-16)23-22(24-20)17-11-5-2-6-12-17/h1-15,25H. The largest absolute Gasteiger partial charge is 0.507 e. The van der Waals surface area contributed by atoms with Gasteiger partial charge >= 0.3 is 0 Å². The number of aromatic hydroxyl groups is 1. The van der Waals surface area contributed by atoms with Crippen molar-refractivity contribution < 1.29 is 5.11 Å². The van der Waals surface area contributed by atoms with E-state index in [2.05, 4.69) is 4.98 Å². The number of phenolic OH excluding ortho intramolecular Hbond substituents is 1. The zero-order chi connectivity index (χ0) is 17.1. The van der Waals surface area contributed by atoms with Gasteiger partial charge in [-0.15, -0.1) is 0 Å².